The summed E-state index contributed by atoms with van der Waals surface area (Å²) in [7, 11) is 0. The van der Waals surface area contributed by atoms with Crippen LogP contribution < -0.4 is 11.1 Å². The Bertz CT molecular complexity index is 738. The van der Waals surface area contributed by atoms with Crippen LogP contribution in [0.15, 0.2) is 35.0 Å². The largest absolute Gasteiger partial charge is 0.399 e. The minimum Gasteiger partial charge on any atom is -0.399 e. The quantitative estimate of drug-likeness (QED) is 0.725. The van der Waals surface area contributed by atoms with Gasteiger partial charge < -0.3 is 5.73 Å². The van der Waals surface area contributed by atoms with E-state index in [1.54, 1.807) is 5.38 Å². The maximum atomic E-state index is 11.8. The molecule has 3 rings (SSSR count). The highest BCUT2D eigenvalue weighted by molar-refractivity contribution is 7.14. The first-order valence-corrected chi connectivity index (χ1v) is 7.34. The third kappa shape index (κ3) is 2.65. The summed E-state index contributed by atoms with van der Waals surface area (Å²) >= 11 is 2.48. The Morgan fingerprint density at radius 3 is 2.95 bits per heavy atom. The summed E-state index contributed by atoms with van der Waals surface area (Å²) in [6.07, 6.45) is 0. The number of nitrogens with two attached hydrogens (primary N) is 1. The predicted molar refractivity (Wildman–Crippen MR) is 79.8 cm³/mol. The molecule has 1 amide bonds. The molecular formula is C12H9N5OS2. The van der Waals surface area contributed by atoms with Gasteiger partial charge in [0.05, 0.1) is 5.69 Å². The molecule has 20 heavy (non-hydrogen) atoms. The van der Waals surface area contributed by atoms with Crippen LogP contribution in [0.3, 0.4) is 0 Å². The molecule has 2 aromatic heterocycles. The van der Waals surface area contributed by atoms with E-state index in [4.69, 9.17) is 5.73 Å². The summed E-state index contributed by atoms with van der Waals surface area (Å²) in [4.78, 5) is 16.2. The average molecular weight is 303 g/mol. The fraction of sp³-hybridized carbons (Fsp3) is 0. The smallest absolute Gasteiger partial charge is 0.278 e. The number of rotatable bonds is 3. The minimum absolute atomic E-state index is 0.288. The number of nitrogens with zero attached hydrogens (tertiary/aromatic N) is 3. The molecule has 100 valence electrons. The molecule has 0 spiro atoms. The van der Waals surface area contributed by atoms with Gasteiger partial charge in [-0.1, -0.05) is 16.6 Å². The minimum atomic E-state index is -0.313. The lowest BCUT2D eigenvalue weighted by molar-refractivity contribution is 0.102. The Balaban J connectivity index is 1.79. The maximum Gasteiger partial charge on any atom is 0.278 e. The molecule has 6 nitrogen and oxygen atoms in total. The zero-order chi connectivity index (χ0) is 13.9. The molecule has 3 N–H and O–H groups in total. The highest BCUT2D eigenvalue weighted by Gasteiger charge is 2.12. The summed E-state index contributed by atoms with van der Waals surface area (Å²) in [6.45, 7) is 0. The summed E-state index contributed by atoms with van der Waals surface area (Å²) in [5.74, 6) is -0.313. The molecular weight excluding hydrogens is 294 g/mol. The summed E-state index contributed by atoms with van der Waals surface area (Å²) < 4.78 is 3.65. The number of benzene rings is 1. The number of nitrogen functional groups attached to an aromatic ring is 1. The van der Waals surface area contributed by atoms with E-state index in [-0.39, 0.29) is 11.6 Å². The van der Waals surface area contributed by atoms with Gasteiger partial charge in [-0.05, 0) is 23.7 Å². The number of hydrogen-bond donors (Lipinski definition) is 2. The molecule has 0 aliphatic carbocycles. The first-order chi connectivity index (χ1) is 9.72. The lowest BCUT2D eigenvalue weighted by Gasteiger charge is -1.98. The van der Waals surface area contributed by atoms with Crippen LogP contribution in [-0.4, -0.2) is 20.5 Å². The van der Waals surface area contributed by atoms with Gasteiger partial charge in [0.2, 0.25) is 0 Å². The second-order valence-electron chi connectivity index (χ2n) is 3.91. The average Bonchev–Trinajstić information content (AvgIpc) is 3.10. The van der Waals surface area contributed by atoms with Crippen LogP contribution in [0.25, 0.3) is 11.3 Å². The van der Waals surface area contributed by atoms with Gasteiger partial charge in [-0.15, -0.1) is 16.4 Å². The van der Waals surface area contributed by atoms with Crippen LogP contribution in [0.2, 0.25) is 0 Å². The lowest BCUT2D eigenvalue weighted by Crippen LogP contribution is -2.12. The van der Waals surface area contributed by atoms with Crippen molar-refractivity contribution in [2.75, 3.05) is 11.1 Å². The first kappa shape index (κ1) is 12.7. The van der Waals surface area contributed by atoms with Crippen molar-refractivity contribution in [2.45, 2.75) is 0 Å². The number of nitrogens with one attached hydrogen (secondary N) is 1. The van der Waals surface area contributed by atoms with Crippen molar-refractivity contribution in [2.24, 2.45) is 0 Å². The SMILES string of the molecule is Nc1cccc(-c2csc(NC(=O)c3csnn3)n2)c1. The third-order valence-corrected chi connectivity index (χ3v) is 3.76. The van der Waals surface area contributed by atoms with Crippen molar-refractivity contribution in [1.29, 1.82) is 0 Å². The van der Waals surface area contributed by atoms with Crippen LogP contribution in [-0.2, 0) is 0 Å². The standard InChI is InChI=1S/C12H9N5OS2/c13-8-3-1-2-7(4-8)9-5-19-12(14-9)15-11(18)10-6-20-17-16-10/h1-6H,13H2,(H,14,15,18). The van der Waals surface area contributed by atoms with Crippen LogP contribution in [0.1, 0.15) is 10.5 Å². The van der Waals surface area contributed by atoms with Gasteiger partial charge >= 0.3 is 0 Å². The van der Waals surface area contributed by atoms with Gasteiger partial charge in [0, 0.05) is 22.0 Å². The van der Waals surface area contributed by atoms with Crippen molar-refractivity contribution < 1.29 is 4.79 Å². The predicted octanol–water partition coefficient (Wildman–Crippen LogP) is 2.50. The topological polar surface area (TPSA) is 93.8 Å². The van der Waals surface area contributed by atoms with Gasteiger partial charge in [0.1, 0.15) is 0 Å². The molecule has 8 heteroatoms. The van der Waals surface area contributed by atoms with E-state index >= 15 is 0 Å². The first-order valence-electron chi connectivity index (χ1n) is 5.62. The van der Waals surface area contributed by atoms with Crippen LogP contribution >= 0.6 is 22.9 Å². The van der Waals surface area contributed by atoms with Crippen molar-refractivity contribution >= 4 is 39.6 Å². The van der Waals surface area contributed by atoms with E-state index < -0.39 is 0 Å². The number of carbonyl (C=O) groups excluding carboxylic acids is 1. The van der Waals surface area contributed by atoms with Gasteiger partial charge in [0.15, 0.2) is 10.8 Å². The number of hydrogen-bond acceptors (Lipinski definition) is 7. The van der Waals surface area contributed by atoms with Gasteiger partial charge in [-0.3, -0.25) is 10.1 Å². The normalized spacial score (nSPS) is 10.4. The lowest BCUT2D eigenvalue weighted by atomic mass is 10.1. The Hall–Kier alpha value is -2.32. The Labute approximate surface area is 122 Å². The molecule has 0 aliphatic heterocycles. The van der Waals surface area contributed by atoms with Crippen molar-refractivity contribution in [1.82, 2.24) is 14.6 Å². The molecule has 0 saturated carbocycles. The van der Waals surface area contributed by atoms with E-state index in [9.17, 15) is 4.79 Å². The van der Waals surface area contributed by atoms with Crippen molar-refractivity contribution in [3.05, 3.63) is 40.7 Å². The molecule has 0 bridgehead atoms. The molecule has 2 heterocycles. The van der Waals surface area contributed by atoms with E-state index in [0.29, 0.717) is 10.8 Å². The number of aromatic nitrogens is 3. The summed E-state index contributed by atoms with van der Waals surface area (Å²) in [6, 6.07) is 7.43. The second kappa shape index (κ2) is 5.35. The summed E-state index contributed by atoms with van der Waals surface area (Å²) in [5.41, 5.74) is 8.39. The fourth-order valence-electron chi connectivity index (χ4n) is 1.59. The van der Waals surface area contributed by atoms with Crippen LogP contribution in [0.5, 0.6) is 0 Å². The van der Waals surface area contributed by atoms with Crippen LogP contribution in [0.4, 0.5) is 10.8 Å². The van der Waals surface area contributed by atoms with E-state index in [1.165, 1.54) is 11.3 Å². The van der Waals surface area contributed by atoms with Gasteiger partial charge in [-0.25, -0.2) is 4.98 Å². The molecule has 0 saturated heterocycles. The van der Waals surface area contributed by atoms with Gasteiger partial charge in [-0.2, -0.15) is 0 Å². The molecule has 0 unspecified atom stereocenters. The molecule has 0 fully saturated rings. The molecule has 0 atom stereocenters. The molecule has 1 aromatic carbocycles. The van der Waals surface area contributed by atoms with E-state index in [2.05, 4.69) is 19.9 Å². The second-order valence-corrected chi connectivity index (χ2v) is 5.38. The highest BCUT2D eigenvalue weighted by Crippen LogP contribution is 2.26. The van der Waals surface area contributed by atoms with Gasteiger partial charge in [0.25, 0.3) is 5.91 Å². The van der Waals surface area contributed by atoms with E-state index in [0.717, 1.165) is 22.8 Å². The van der Waals surface area contributed by atoms with Crippen LogP contribution in [0, 0.1) is 0 Å². The highest BCUT2D eigenvalue weighted by atomic mass is 32.1. The molecule has 0 aliphatic rings. The van der Waals surface area contributed by atoms with Crippen molar-refractivity contribution in [3.63, 3.8) is 0 Å². The Kier molecular flexibility index (Phi) is 3.40. The zero-order valence-electron chi connectivity index (χ0n) is 10.1. The maximum absolute atomic E-state index is 11.8. The number of amides is 1. The van der Waals surface area contributed by atoms with Crippen molar-refractivity contribution in [3.8, 4) is 11.3 Å². The zero-order valence-corrected chi connectivity index (χ0v) is 11.7. The Morgan fingerprint density at radius 1 is 1.30 bits per heavy atom. The molecule has 0 radical (unpaired) electrons. The number of thiazole rings is 1. The van der Waals surface area contributed by atoms with E-state index in [1.807, 2.05) is 29.6 Å². The fourth-order valence-corrected chi connectivity index (χ4v) is 2.74. The third-order valence-electron chi connectivity index (χ3n) is 2.50. The Morgan fingerprint density at radius 2 is 2.20 bits per heavy atom. The number of anilines is 2. The number of carbonyl (C=O) groups is 1. The monoisotopic (exact) mass is 303 g/mol. The molecule has 3 aromatic rings. The summed E-state index contributed by atoms with van der Waals surface area (Å²) in [5, 5.41) is 10.4.